The molecule has 5 heteroatoms. The van der Waals surface area contributed by atoms with Crippen molar-refractivity contribution in [3.05, 3.63) is 112 Å². The van der Waals surface area contributed by atoms with Gasteiger partial charge in [-0.2, -0.15) is 0 Å². The molecule has 3 aromatic carbocycles. The van der Waals surface area contributed by atoms with Crippen molar-refractivity contribution < 1.29 is 13.9 Å². The summed E-state index contributed by atoms with van der Waals surface area (Å²) < 4.78 is 11.8. The molecule has 1 aliphatic heterocycles. The lowest BCUT2D eigenvalue weighted by atomic mass is 9.84. The molecule has 3 heterocycles. The predicted octanol–water partition coefficient (Wildman–Crippen LogP) is 5.85. The van der Waals surface area contributed by atoms with Crippen LogP contribution in [-0.2, 0) is 0 Å². The van der Waals surface area contributed by atoms with Crippen molar-refractivity contribution in [2.45, 2.75) is 12.3 Å². The summed E-state index contributed by atoms with van der Waals surface area (Å²) in [4.78, 5) is 31.0. The SMILES string of the molecule is O=C(CC1c2cc3ccccc3nc2Oc2c1c(=O)oc1ccccc21)c1ccccc1. The number of nitrogens with zero attached hydrogens (tertiary/aromatic N) is 1. The number of benzene rings is 3. The summed E-state index contributed by atoms with van der Waals surface area (Å²) in [5.41, 5.74) is 2.40. The van der Waals surface area contributed by atoms with Crippen molar-refractivity contribution in [1.29, 1.82) is 0 Å². The molecule has 0 amide bonds. The molecule has 0 aliphatic carbocycles. The van der Waals surface area contributed by atoms with Crippen LogP contribution in [-0.4, -0.2) is 10.8 Å². The summed E-state index contributed by atoms with van der Waals surface area (Å²) in [6, 6.07) is 26.0. The highest BCUT2D eigenvalue weighted by Crippen LogP contribution is 2.47. The third kappa shape index (κ3) is 2.90. The standard InChI is InChI=1S/C27H17NO4/c29-22(16-8-2-1-3-9-16)15-19-20-14-17-10-4-6-12-21(17)28-26(20)32-25-18-11-5-7-13-23(18)31-27(30)24(19)25/h1-14,19H,15H2. The zero-order valence-electron chi connectivity index (χ0n) is 16.9. The van der Waals surface area contributed by atoms with Crippen molar-refractivity contribution in [3.63, 3.8) is 0 Å². The summed E-state index contributed by atoms with van der Waals surface area (Å²) in [7, 11) is 0. The second-order valence-electron chi connectivity index (χ2n) is 7.85. The fraction of sp³-hybridized carbons (Fsp3) is 0.0741. The number of fused-ring (bicyclic) bond motifs is 5. The number of hydrogen-bond acceptors (Lipinski definition) is 5. The summed E-state index contributed by atoms with van der Waals surface area (Å²) in [6.07, 6.45) is 0.108. The highest BCUT2D eigenvalue weighted by Gasteiger charge is 2.35. The fourth-order valence-corrected chi connectivity index (χ4v) is 4.38. The monoisotopic (exact) mass is 419 g/mol. The van der Waals surface area contributed by atoms with Crippen molar-refractivity contribution in [3.8, 4) is 11.6 Å². The largest absolute Gasteiger partial charge is 0.437 e. The highest BCUT2D eigenvalue weighted by molar-refractivity contribution is 5.97. The van der Waals surface area contributed by atoms with E-state index in [-0.39, 0.29) is 12.2 Å². The average Bonchev–Trinajstić information content (AvgIpc) is 2.83. The van der Waals surface area contributed by atoms with Gasteiger partial charge in [0.05, 0.1) is 16.5 Å². The van der Waals surface area contributed by atoms with Crippen LogP contribution in [0, 0.1) is 0 Å². The van der Waals surface area contributed by atoms with Gasteiger partial charge in [-0.15, -0.1) is 0 Å². The number of para-hydroxylation sites is 2. The molecule has 154 valence electrons. The molecule has 1 atom stereocenters. The van der Waals surface area contributed by atoms with E-state index >= 15 is 0 Å². The zero-order valence-corrected chi connectivity index (χ0v) is 16.9. The summed E-state index contributed by atoms with van der Waals surface area (Å²) in [6.45, 7) is 0. The van der Waals surface area contributed by atoms with Crippen LogP contribution >= 0.6 is 0 Å². The minimum atomic E-state index is -0.528. The smallest absolute Gasteiger partial charge is 0.343 e. The molecular formula is C27H17NO4. The molecule has 0 radical (unpaired) electrons. The maximum absolute atomic E-state index is 13.2. The lowest BCUT2D eigenvalue weighted by Crippen LogP contribution is -2.22. The van der Waals surface area contributed by atoms with Gasteiger partial charge in [0, 0.05) is 28.9 Å². The Labute approximate surface area is 182 Å². The Morgan fingerprint density at radius 1 is 0.906 bits per heavy atom. The number of carbonyl (C=O) groups excluding carboxylic acids is 1. The molecule has 5 nitrogen and oxygen atoms in total. The van der Waals surface area contributed by atoms with Crippen molar-refractivity contribution >= 4 is 27.7 Å². The average molecular weight is 419 g/mol. The van der Waals surface area contributed by atoms with E-state index in [1.807, 2.05) is 60.7 Å². The molecule has 0 bridgehead atoms. The van der Waals surface area contributed by atoms with E-state index in [9.17, 15) is 9.59 Å². The van der Waals surface area contributed by atoms with Crippen LogP contribution in [0.5, 0.6) is 11.6 Å². The number of pyridine rings is 1. The summed E-state index contributed by atoms with van der Waals surface area (Å²) in [5.74, 6) is 0.241. The Bertz CT molecular complexity index is 1570. The molecule has 0 N–H and O–H groups in total. The number of aromatic nitrogens is 1. The van der Waals surface area contributed by atoms with Crippen LogP contribution < -0.4 is 10.4 Å². The Balaban J connectivity index is 1.60. The van der Waals surface area contributed by atoms with E-state index < -0.39 is 11.5 Å². The van der Waals surface area contributed by atoms with Gasteiger partial charge in [0.1, 0.15) is 5.58 Å². The molecular weight excluding hydrogens is 402 g/mol. The van der Waals surface area contributed by atoms with Gasteiger partial charge in [0.25, 0.3) is 0 Å². The van der Waals surface area contributed by atoms with E-state index in [1.54, 1.807) is 24.3 Å². The van der Waals surface area contributed by atoms with E-state index in [1.165, 1.54) is 0 Å². The normalized spacial score (nSPS) is 14.6. The molecule has 32 heavy (non-hydrogen) atoms. The van der Waals surface area contributed by atoms with Gasteiger partial charge >= 0.3 is 5.63 Å². The molecule has 1 unspecified atom stereocenters. The van der Waals surface area contributed by atoms with E-state index in [2.05, 4.69) is 0 Å². The van der Waals surface area contributed by atoms with Crippen LogP contribution in [0.3, 0.4) is 0 Å². The molecule has 6 rings (SSSR count). The number of hydrogen-bond donors (Lipinski definition) is 0. The van der Waals surface area contributed by atoms with Crippen LogP contribution in [0.1, 0.15) is 33.8 Å². The van der Waals surface area contributed by atoms with Gasteiger partial charge in [-0.25, -0.2) is 9.78 Å². The second kappa shape index (κ2) is 7.17. The van der Waals surface area contributed by atoms with Crippen molar-refractivity contribution in [1.82, 2.24) is 4.98 Å². The zero-order chi connectivity index (χ0) is 21.7. The third-order valence-electron chi connectivity index (χ3n) is 5.92. The maximum atomic E-state index is 13.2. The number of ether oxygens (including phenoxy) is 1. The van der Waals surface area contributed by atoms with E-state index in [0.717, 1.165) is 10.9 Å². The number of rotatable bonds is 3. The fourth-order valence-electron chi connectivity index (χ4n) is 4.38. The van der Waals surface area contributed by atoms with Gasteiger partial charge in [-0.05, 0) is 24.3 Å². The molecule has 1 aliphatic rings. The molecule has 2 aromatic heterocycles. The van der Waals surface area contributed by atoms with Crippen LogP contribution in [0.4, 0.5) is 0 Å². The lowest BCUT2D eigenvalue weighted by Gasteiger charge is -2.27. The first-order valence-corrected chi connectivity index (χ1v) is 10.4. The summed E-state index contributed by atoms with van der Waals surface area (Å²) >= 11 is 0. The third-order valence-corrected chi connectivity index (χ3v) is 5.92. The van der Waals surface area contributed by atoms with Crippen LogP contribution in [0.2, 0.25) is 0 Å². The first-order valence-electron chi connectivity index (χ1n) is 10.4. The molecule has 0 saturated heterocycles. The molecule has 0 spiro atoms. The van der Waals surface area contributed by atoms with Gasteiger partial charge in [-0.1, -0.05) is 60.7 Å². The first kappa shape index (κ1) is 18.5. The van der Waals surface area contributed by atoms with Gasteiger partial charge in [0.2, 0.25) is 5.88 Å². The van der Waals surface area contributed by atoms with Crippen molar-refractivity contribution in [2.24, 2.45) is 0 Å². The summed E-state index contributed by atoms with van der Waals surface area (Å²) in [5, 5.41) is 1.60. The number of carbonyl (C=O) groups is 1. The maximum Gasteiger partial charge on any atom is 0.343 e. The number of ketones is 1. The lowest BCUT2D eigenvalue weighted by molar-refractivity contribution is 0.0976. The van der Waals surface area contributed by atoms with Crippen LogP contribution in [0.15, 0.2) is 94.1 Å². The highest BCUT2D eigenvalue weighted by atomic mass is 16.5. The second-order valence-corrected chi connectivity index (χ2v) is 7.85. The Morgan fingerprint density at radius 2 is 1.66 bits per heavy atom. The van der Waals surface area contributed by atoms with Crippen LogP contribution in [0.25, 0.3) is 21.9 Å². The van der Waals surface area contributed by atoms with Gasteiger partial charge in [0.15, 0.2) is 11.5 Å². The quantitative estimate of drug-likeness (QED) is 0.271. The minimum absolute atomic E-state index is 0.0601. The first-order chi connectivity index (χ1) is 15.7. The van der Waals surface area contributed by atoms with E-state index in [4.69, 9.17) is 14.1 Å². The molecule has 0 saturated carbocycles. The Hall–Kier alpha value is -4.25. The molecule has 5 aromatic rings. The van der Waals surface area contributed by atoms with Gasteiger partial charge < -0.3 is 9.15 Å². The Kier molecular flexibility index (Phi) is 4.15. The predicted molar refractivity (Wildman–Crippen MR) is 122 cm³/mol. The molecule has 0 fully saturated rings. The number of Topliss-reactive ketones (excluding diaryl/α,β-unsaturated/α-hetero) is 1. The minimum Gasteiger partial charge on any atom is -0.437 e. The topological polar surface area (TPSA) is 69.4 Å². The van der Waals surface area contributed by atoms with Crippen molar-refractivity contribution in [2.75, 3.05) is 0 Å². The van der Waals surface area contributed by atoms with Gasteiger partial charge in [-0.3, -0.25) is 4.79 Å². The van der Waals surface area contributed by atoms with E-state index in [0.29, 0.717) is 39.3 Å². The Morgan fingerprint density at radius 3 is 2.53 bits per heavy atom.